The second-order valence-electron chi connectivity index (χ2n) is 2.29. The Hall–Kier alpha value is -0.810. The van der Waals surface area contributed by atoms with Crippen molar-refractivity contribution in [1.29, 1.82) is 0 Å². The Morgan fingerprint density at radius 1 is 1.56 bits per heavy atom. The molecule has 0 saturated carbocycles. The van der Waals surface area contributed by atoms with Crippen molar-refractivity contribution >= 4 is 5.94 Å². The van der Waals surface area contributed by atoms with E-state index in [9.17, 15) is 4.79 Å². The molecule has 0 heterocycles. The van der Waals surface area contributed by atoms with Crippen molar-refractivity contribution < 1.29 is 4.79 Å². The molecule has 0 atom stereocenters. The minimum Gasteiger partial charge on any atom is -0.233 e. The highest BCUT2D eigenvalue weighted by molar-refractivity contribution is 5.52. The molecule has 0 N–H and O–H groups in total. The predicted octanol–water partition coefficient (Wildman–Crippen LogP) is 1.87. The molecule has 0 bridgehead atoms. The van der Waals surface area contributed by atoms with Gasteiger partial charge in [-0.1, -0.05) is 6.08 Å². The summed E-state index contributed by atoms with van der Waals surface area (Å²) < 4.78 is 0. The van der Waals surface area contributed by atoms with Gasteiger partial charge in [-0.3, -0.25) is 0 Å². The monoisotopic (exact) mass is 122 g/mol. The zero-order chi connectivity index (χ0) is 6.53. The normalized spacial score (nSPS) is 18.0. The molecular weight excluding hydrogens is 112 g/mol. The van der Waals surface area contributed by atoms with Gasteiger partial charge in [-0.2, -0.15) is 0 Å². The van der Waals surface area contributed by atoms with Gasteiger partial charge in [0.2, 0.25) is 0 Å². The van der Waals surface area contributed by atoms with E-state index in [2.05, 4.69) is 6.08 Å². The van der Waals surface area contributed by atoms with Crippen LogP contribution in [0.5, 0.6) is 0 Å². The van der Waals surface area contributed by atoms with Crippen LogP contribution in [0.1, 0.15) is 25.7 Å². The minimum absolute atomic E-state index is 1.06. The van der Waals surface area contributed by atoms with Crippen molar-refractivity contribution in [2.24, 2.45) is 0 Å². The molecule has 0 aromatic carbocycles. The summed E-state index contributed by atoms with van der Waals surface area (Å²) in [4.78, 5) is 9.85. The van der Waals surface area contributed by atoms with Crippen LogP contribution in [-0.2, 0) is 4.79 Å². The Morgan fingerprint density at radius 3 is 3.00 bits per heavy atom. The van der Waals surface area contributed by atoms with E-state index in [1.165, 1.54) is 12.8 Å². The zero-order valence-electron chi connectivity index (χ0n) is 5.39. The zero-order valence-corrected chi connectivity index (χ0v) is 5.39. The lowest BCUT2D eigenvalue weighted by molar-refractivity contribution is 0.568. The standard InChI is InChI=1S/C8H10O/c9-7-6-8-4-2-1-3-5-8/h4,6H,1-3,5H2. The molecule has 0 amide bonds. The van der Waals surface area contributed by atoms with E-state index >= 15 is 0 Å². The molecule has 0 aromatic rings. The van der Waals surface area contributed by atoms with E-state index in [4.69, 9.17) is 0 Å². The Morgan fingerprint density at radius 2 is 2.44 bits per heavy atom. The van der Waals surface area contributed by atoms with Gasteiger partial charge >= 0.3 is 0 Å². The lowest BCUT2D eigenvalue weighted by Gasteiger charge is -2.05. The van der Waals surface area contributed by atoms with E-state index in [0.717, 1.165) is 18.4 Å². The Labute approximate surface area is 55.1 Å². The summed E-state index contributed by atoms with van der Waals surface area (Å²) in [7, 11) is 0. The second kappa shape index (κ2) is 3.26. The molecule has 1 heteroatoms. The molecule has 0 aromatic heterocycles. The molecule has 1 aliphatic rings. The fourth-order valence-corrected chi connectivity index (χ4v) is 1.07. The van der Waals surface area contributed by atoms with Crippen LogP contribution in [0, 0.1) is 0 Å². The Bertz CT molecular complexity index is 161. The Kier molecular flexibility index (Phi) is 2.29. The van der Waals surface area contributed by atoms with Crippen LogP contribution in [0.4, 0.5) is 0 Å². The molecular formula is C8H10O. The third-order valence-corrected chi connectivity index (χ3v) is 1.57. The summed E-state index contributed by atoms with van der Waals surface area (Å²) in [6.07, 6.45) is 8.36. The van der Waals surface area contributed by atoms with Crippen LogP contribution in [0.25, 0.3) is 0 Å². The van der Waals surface area contributed by atoms with Crippen LogP contribution in [-0.4, -0.2) is 5.94 Å². The summed E-state index contributed by atoms with van der Waals surface area (Å²) in [6, 6.07) is 0. The predicted molar refractivity (Wildman–Crippen MR) is 36.8 cm³/mol. The number of carbonyl (C=O) groups excluding carboxylic acids is 1. The maximum Gasteiger partial charge on any atom is 0.124 e. The van der Waals surface area contributed by atoms with Gasteiger partial charge < -0.3 is 0 Å². The number of hydrogen-bond donors (Lipinski definition) is 0. The summed E-state index contributed by atoms with van der Waals surface area (Å²) in [6.45, 7) is 0. The van der Waals surface area contributed by atoms with Crippen molar-refractivity contribution in [2.45, 2.75) is 25.7 Å². The molecule has 1 nitrogen and oxygen atoms in total. The van der Waals surface area contributed by atoms with Crippen molar-refractivity contribution in [3.63, 3.8) is 0 Å². The molecule has 0 fully saturated rings. The van der Waals surface area contributed by atoms with E-state index in [1.807, 2.05) is 0 Å². The third kappa shape index (κ3) is 1.87. The molecule has 0 unspecified atom stereocenters. The molecule has 0 radical (unpaired) electrons. The van der Waals surface area contributed by atoms with Gasteiger partial charge in [0.05, 0.1) is 0 Å². The summed E-state index contributed by atoms with van der Waals surface area (Å²) in [5.74, 6) is 1.79. The van der Waals surface area contributed by atoms with Crippen LogP contribution >= 0.6 is 0 Å². The maximum atomic E-state index is 9.85. The summed E-state index contributed by atoms with van der Waals surface area (Å²) >= 11 is 0. The number of rotatable bonds is 1. The number of allylic oxidation sites excluding steroid dienone is 3. The fraction of sp³-hybridized carbons (Fsp3) is 0.500. The van der Waals surface area contributed by atoms with Gasteiger partial charge in [-0.05, 0) is 31.3 Å². The average molecular weight is 122 g/mol. The molecule has 0 aliphatic heterocycles. The smallest absolute Gasteiger partial charge is 0.124 e. The van der Waals surface area contributed by atoms with E-state index in [0.29, 0.717) is 0 Å². The van der Waals surface area contributed by atoms with Crippen molar-refractivity contribution in [1.82, 2.24) is 0 Å². The summed E-state index contributed by atoms with van der Waals surface area (Å²) in [5.41, 5.74) is 1.16. The third-order valence-electron chi connectivity index (χ3n) is 1.57. The minimum atomic E-state index is 1.06. The van der Waals surface area contributed by atoms with E-state index in [-0.39, 0.29) is 0 Å². The van der Waals surface area contributed by atoms with Crippen LogP contribution in [0.3, 0.4) is 0 Å². The van der Waals surface area contributed by atoms with Gasteiger partial charge in [0.1, 0.15) is 5.94 Å². The maximum absolute atomic E-state index is 9.85. The fourth-order valence-electron chi connectivity index (χ4n) is 1.07. The lowest BCUT2D eigenvalue weighted by atomic mass is 10.00. The number of hydrogen-bond acceptors (Lipinski definition) is 1. The van der Waals surface area contributed by atoms with Crippen LogP contribution in [0.15, 0.2) is 17.7 Å². The van der Waals surface area contributed by atoms with Crippen molar-refractivity contribution in [2.75, 3.05) is 0 Å². The first kappa shape index (κ1) is 6.31. The molecule has 0 spiro atoms. The van der Waals surface area contributed by atoms with Gasteiger partial charge in [0.15, 0.2) is 0 Å². The average Bonchev–Trinajstić information content (AvgIpc) is 1.91. The van der Waals surface area contributed by atoms with Crippen molar-refractivity contribution in [3.05, 3.63) is 17.7 Å². The van der Waals surface area contributed by atoms with Crippen LogP contribution in [0.2, 0.25) is 0 Å². The largest absolute Gasteiger partial charge is 0.233 e. The molecule has 1 rings (SSSR count). The van der Waals surface area contributed by atoms with Crippen LogP contribution < -0.4 is 0 Å². The first-order valence-corrected chi connectivity index (χ1v) is 3.33. The highest BCUT2D eigenvalue weighted by Crippen LogP contribution is 2.16. The SMILES string of the molecule is O=C=CC1=CCCCC1. The molecule has 48 valence electrons. The second-order valence-corrected chi connectivity index (χ2v) is 2.29. The van der Waals surface area contributed by atoms with Gasteiger partial charge in [-0.25, -0.2) is 4.79 Å². The summed E-state index contributed by atoms with van der Waals surface area (Å²) in [5, 5.41) is 0. The molecule has 9 heavy (non-hydrogen) atoms. The first-order chi connectivity index (χ1) is 4.43. The van der Waals surface area contributed by atoms with E-state index in [1.54, 1.807) is 12.0 Å². The van der Waals surface area contributed by atoms with Gasteiger partial charge in [0.25, 0.3) is 0 Å². The highest BCUT2D eigenvalue weighted by Gasteiger charge is 1.98. The quantitative estimate of drug-likeness (QED) is 0.485. The highest BCUT2D eigenvalue weighted by atomic mass is 16.1. The molecule has 0 saturated heterocycles. The van der Waals surface area contributed by atoms with Crippen molar-refractivity contribution in [3.8, 4) is 0 Å². The van der Waals surface area contributed by atoms with Gasteiger partial charge in [0, 0.05) is 6.08 Å². The topological polar surface area (TPSA) is 17.1 Å². The van der Waals surface area contributed by atoms with E-state index < -0.39 is 0 Å². The first-order valence-electron chi connectivity index (χ1n) is 3.33. The Balaban J connectivity index is 2.56. The lowest BCUT2D eigenvalue weighted by Crippen LogP contribution is -1.87. The van der Waals surface area contributed by atoms with Gasteiger partial charge in [-0.15, -0.1) is 0 Å². The molecule has 1 aliphatic carbocycles.